The van der Waals surface area contributed by atoms with Crippen LogP contribution in [-0.4, -0.2) is 37.8 Å². The van der Waals surface area contributed by atoms with Gasteiger partial charge in [0.2, 0.25) is 15.9 Å². The zero-order valence-electron chi connectivity index (χ0n) is 15.8. The molecule has 3 rings (SSSR count). The van der Waals surface area contributed by atoms with Crippen LogP contribution in [0, 0.1) is 18.7 Å². The second-order valence-corrected chi connectivity index (χ2v) is 9.45. The monoisotopic (exact) mass is 440 g/mol. The number of sulfonamides is 1. The van der Waals surface area contributed by atoms with E-state index in [1.807, 2.05) is 0 Å². The highest BCUT2D eigenvalue weighted by Crippen LogP contribution is 2.30. The fourth-order valence-electron chi connectivity index (χ4n) is 3.53. The summed E-state index contributed by atoms with van der Waals surface area (Å²) in [7, 11) is -3.84. The highest BCUT2D eigenvalue weighted by molar-refractivity contribution is 7.89. The number of carbonyl (C=O) groups is 1. The quantitative estimate of drug-likeness (QED) is 0.747. The van der Waals surface area contributed by atoms with Crippen molar-refractivity contribution >= 4 is 27.5 Å². The van der Waals surface area contributed by atoms with Gasteiger partial charge in [0.25, 0.3) is 0 Å². The molecule has 6 nitrogen and oxygen atoms in total. The van der Waals surface area contributed by atoms with Gasteiger partial charge in [-0.1, -0.05) is 11.6 Å². The molecule has 1 fully saturated rings. The van der Waals surface area contributed by atoms with Gasteiger partial charge in [-0.3, -0.25) is 4.79 Å². The highest BCUT2D eigenvalue weighted by atomic mass is 35.5. The van der Waals surface area contributed by atoms with Crippen LogP contribution in [0.3, 0.4) is 0 Å². The molecule has 0 bridgehead atoms. The number of aryl methyl sites for hydroxylation is 1. The molecule has 29 heavy (non-hydrogen) atoms. The number of ether oxygens (including phenoxy) is 1. The standard InChI is InChI=1S/C20H22ClFN2O4S/c1-13-10-16(22)4-7-19(13)29(26,27)24-9-8-18(14(12-24)11-20(23)25)28-17-5-2-15(21)3-6-17/h2-7,10,14,18H,8-9,11-12H2,1H3,(H2,23,25)/t14-,18-/m0/s1. The summed E-state index contributed by atoms with van der Waals surface area (Å²) in [5.41, 5.74) is 5.71. The Morgan fingerprint density at radius 3 is 2.59 bits per heavy atom. The van der Waals surface area contributed by atoms with Crippen molar-refractivity contribution in [3.05, 3.63) is 58.9 Å². The molecule has 0 unspecified atom stereocenters. The van der Waals surface area contributed by atoms with E-state index in [1.165, 1.54) is 16.4 Å². The molecule has 0 radical (unpaired) electrons. The smallest absolute Gasteiger partial charge is 0.243 e. The molecule has 0 spiro atoms. The maximum atomic E-state index is 13.4. The average Bonchev–Trinajstić information content (AvgIpc) is 2.64. The number of amides is 1. The van der Waals surface area contributed by atoms with E-state index in [1.54, 1.807) is 31.2 Å². The second kappa shape index (κ2) is 8.69. The zero-order chi connectivity index (χ0) is 21.2. The fourth-order valence-corrected chi connectivity index (χ4v) is 5.38. The predicted octanol–water partition coefficient (Wildman–Crippen LogP) is 3.12. The lowest BCUT2D eigenvalue weighted by atomic mass is 9.92. The molecule has 9 heteroatoms. The minimum Gasteiger partial charge on any atom is -0.490 e. The van der Waals surface area contributed by atoms with Crippen LogP contribution in [0.5, 0.6) is 5.75 Å². The Morgan fingerprint density at radius 2 is 1.97 bits per heavy atom. The number of nitrogens with two attached hydrogens (primary N) is 1. The van der Waals surface area contributed by atoms with Crippen molar-refractivity contribution < 1.29 is 22.3 Å². The SMILES string of the molecule is Cc1cc(F)ccc1S(=O)(=O)N1CC[C@H](Oc2ccc(Cl)cc2)[C@@H](CC(N)=O)C1. The molecule has 2 aromatic carbocycles. The van der Waals surface area contributed by atoms with Crippen LogP contribution in [0.25, 0.3) is 0 Å². The Kier molecular flexibility index (Phi) is 6.45. The van der Waals surface area contributed by atoms with Crippen molar-refractivity contribution in [3.8, 4) is 5.75 Å². The van der Waals surface area contributed by atoms with Gasteiger partial charge in [0, 0.05) is 30.5 Å². The van der Waals surface area contributed by atoms with Crippen LogP contribution in [0.15, 0.2) is 47.4 Å². The number of hydrogen-bond donors (Lipinski definition) is 1. The highest BCUT2D eigenvalue weighted by Gasteiger charge is 2.38. The Morgan fingerprint density at radius 1 is 1.28 bits per heavy atom. The Labute approximate surface area is 174 Å². The first kappa shape index (κ1) is 21.5. The molecule has 1 amide bonds. The number of carbonyl (C=O) groups excluding carboxylic acids is 1. The topological polar surface area (TPSA) is 89.7 Å². The lowest BCUT2D eigenvalue weighted by Crippen LogP contribution is -2.49. The summed E-state index contributed by atoms with van der Waals surface area (Å²) in [6, 6.07) is 10.4. The number of halogens is 2. The summed E-state index contributed by atoms with van der Waals surface area (Å²) in [6.07, 6.45) is 0.0108. The van der Waals surface area contributed by atoms with Gasteiger partial charge in [0.1, 0.15) is 17.7 Å². The number of rotatable bonds is 6. The summed E-state index contributed by atoms with van der Waals surface area (Å²) in [5.74, 6) is -0.855. The average molecular weight is 441 g/mol. The number of piperidine rings is 1. The van der Waals surface area contributed by atoms with E-state index < -0.39 is 27.7 Å². The van der Waals surface area contributed by atoms with Gasteiger partial charge >= 0.3 is 0 Å². The van der Waals surface area contributed by atoms with Gasteiger partial charge in [0.05, 0.1) is 4.90 Å². The molecule has 156 valence electrons. The van der Waals surface area contributed by atoms with E-state index in [0.29, 0.717) is 22.8 Å². The van der Waals surface area contributed by atoms with E-state index >= 15 is 0 Å². The second-order valence-electron chi connectivity index (χ2n) is 7.10. The van der Waals surface area contributed by atoms with E-state index in [4.69, 9.17) is 22.1 Å². The first-order valence-electron chi connectivity index (χ1n) is 9.13. The molecule has 2 N–H and O–H groups in total. The molecule has 2 aromatic rings. The van der Waals surface area contributed by atoms with Crippen molar-refractivity contribution in [3.63, 3.8) is 0 Å². The Hall–Kier alpha value is -2.16. The first-order valence-corrected chi connectivity index (χ1v) is 11.0. The predicted molar refractivity (Wildman–Crippen MR) is 108 cm³/mol. The van der Waals surface area contributed by atoms with Crippen LogP contribution in [0.1, 0.15) is 18.4 Å². The first-order chi connectivity index (χ1) is 13.7. The molecular weight excluding hydrogens is 419 g/mol. The lowest BCUT2D eigenvalue weighted by molar-refractivity contribution is -0.120. The summed E-state index contributed by atoms with van der Waals surface area (Å²) >= 11 is 5.89. The van der Waals surface area contributed by atoms with Gasteiger partial charge in [-0.05, 0) is 61.4 Å². The van der Waals surface area contributed by atoms with Gasteiger partial charge in [-0.25, -0.2) is 12.8 Å². The summed E-state index contributed by atoms with van der Waals surface area (Å²) in [4.78, 5) is 11.6. The van der Waals surface area contributed by atoms with Crippen molar-refractivity contribution in [1.82, 2.24) is 4.31 Å². The number of primary amides is 1. The third-order valence-electron chi connectivity index (χ3n) is 4.95. The maximum absolute atomic E-state index is 13.4. The normalized spacial score (nSPS) is 20.4. The molecule has 2 atom stereocenters. The molecule has 1 heterocycles. The van der Waals surface area contributed by atoms with E-state index in [2.05, 4.69) is 0 Å². The van der Waals surface area contributed by atoms with Crippen LogP contribution < -0.4 is 10.5 Å². The molecule has 1 saturated heterocycles. The van der Waals surface area contributed by atoms with E-state index in [9.17, 15) is 17.6 Å². The molecule has 1 aliphatic heterocycles. The van der Waals surface area contributed by atoms with Crippen molar-refractivity contribution in [2.45, 2.75) is 30.8 Å². The van der Waals surface area contributed by atoms with Crippen LogP contribution >= 0.6 is 11.6 Å². The molecule has 0 aliphatic carbocycles. The maximum Gasteiger partial charge on any atom is 0.243 e. The Balaban J connectivity index is 1.81. The lowest BCUT2D eigenvalue weighted by Gasteiger charge is -2.37. The van der Waals surface area contributed by atoms with E-state index in [-0.39, 0.29) is 30.5 Å². The zero-order valence-corrected chi connectivity index (χ0v) is 17.4. The minimum absolute atomic E-state index is 0.00727. The molecule has 1 aliphatic rings. The third kappa shape index (κ3) is 5.07. The largest absolute Gasteiger partial charge is 0.490 e. The molecular formula is C20H22ClFN2O4S. The summed E-state index contributed by atoms with van der Waals surface area (Å²) < 4.78 is 46.9. The Bertz CT molecular complexity index is 998. The van der Waals surface area contributed by atoms with E-state index in [0.717, 1.165) is 6.07 Å². The number of hydrogen-bond acceptors (Lipinski definition) is 4. The van der Waals surface area contributed by atoms with Gasteiger partial charge < -0.3 is 10.5 Å². The van der Waals surface area contributed by atoms with Crippen molar-refractivity contribution in [2.75, 3.05) is 13.1 Å². The van der Waals surface area contributed by atoms with Crippen LogP contribution in [0.4, 0.5) is 4.39 Å². The van der Waals surface area contributed by atoms with Crippen molar-refractivity contribution in [2.24, 2.45) is 11.7 Å². The minimum atomic E-state index is -3.84. The van der Waals surface area contributed by atoms with Crippen molar-refractivity contribution in [1.29, 1.82) is 0 Å². The molecule has 0 aromatic heterocycles. The number of benzene rings is 2. The summed E-state index contributed by atoms with van der Waals surface area (Å²) in [6.45, 7) is 1.85. The van der Waals surface area contributed by atoms with Crippen LogP contribution in [-0.2, 0) is 14.8 Å². The number of nitrogens with zero attached hydrogens (tertiary/aromatic N) is 1. The molecule has 0 saturated carbocycles. The van der Waals surface area contributed by atoms with Gasteiger partial charge in [-0.15, -0.1) is 0 Å². The van der Waals surface area contributed by atoms with Gasteiger partial charge in [0.15, 0.2) is 0 Å². The third-order valence-corrected chi connectivity index (χ3v) is 7.22. The fraction of sp³-hybridized carbons (Fsp3) is 0.350. The van der Waals surface area contributed by atoms with Gasteiger partial charge in [-0.2, -0.15) is 4.31 Å². The summed E-state index contributed by atoms with van der Waals surface area (Å²) in [5, 5.41) is 0.571. The van der Waals surface area contributed by atoms with Crippen LogP contribution in [0.2, 0.25) is 5.02 Å².